The van der Waals surface area contributed by atoms with Crippen LogP contribution in [0.2, 0.25) is 0 Å². The standard InChI is InChI=1S/C15H16N2O3S/c18-8-9-20-15(19)17-13-3-5-14(6-4-13)21-11-12-2-1-7-16-10-12/h1-7,10,18H,8-9,11H2,(H,17,19). The maximum absolute atomic E-state index is 11.3. The van der Waals surface area contributed by atoms with Gasteiger partial charge in [-0.3, -0.25) is 10.3 Å². The molecule has 0 saturated heterocycles. The van der Waals surface area contributed by atoms with E-state index in [1.54, 1.807) is 18.0 Å². The highest BCUT2D eigenvalue weighted by molar-refractivity contribution is 7.98. The molecule has 110 valence electrons. The van der Waals surface area contributed by atoms with Crippen LogP contribution in [0.15, 0.2) is 53.7 Å². The number of benzene rings is 1. The quantitative estimate of drug-likeness (QED) is 0.803. The molecule has 2 N–H and O–H groups in total. The minimum atomic E-state index is -0.570. The number of anilines is 1. The predicted molar refractivity (Wildman–Crippen MR) is 82.3 cm³/mol. The van der Waals surface area contributed by atoms with Crippen molar-refractivity contribution < 1.29 is 14.6 Å². The highest BCUT2D eigenvalue weighted by atomic mass is 32.2. The molecule has 0 radical (unpaired) electrons. The molecule has 21 heavy (non-hydrogen) atoms. The summed E-state index contributed by atoms with van der Waals surface area (Å²) in [5.74, 6) is 0.846. The third-order valence-corrected chi connectivity index (χ3v) is 3.64. The van der Waals surface area contributed by atoms with Gasteiger partial charge in [-0.05, 0) is 35.9 Å². The largest absolute Gasteiger partial charge is 0.447 e. The van der Waals surface area contributed by atoms with Gasteiger partial charge in [0.2, 0.25) is 0 Å². The molecule has 0 saturated carbocycles. The summed E-state index contributed by atoms with van der Waals surface area (Å²) in [5, 5.41) is 11.1. The molecule has 5 nitrogen and oxygen atoms in total. The van der Waals surface area contributed by atoms with Crippen molar-refractivity contribution in [3.8, 4) is 0 Å². The molecule has 2 rings (SSSR count). The Hall–Kier alpha value is -2.05. The molecule has 1 amide bonds. The van der Waals surface area contributed by atoms with Crippen molar-refractivity contribution in [3.05, 3.63) is 54.4 Å². The van der Waals surface area contributed by atoms with Crippen LogP contribution in [-0.2, 0) is 10.5 Å². The topological polar surface area (TPSA) is 71.5 Å². The number of pyridine rings is 1. The van der Waals surface area contributed by atoms with Gasteiger partial charge in [0.15, 0.2) is 0 Å². The van der Waals surface area contributed by atoms with Crippen molar-refractivity contribution in [1.82, 2.24) is 4.98 Å². The maximum Gasteiger partial charge on any atom is 0.411 e. The summed E-state index contributed by atoms with van der Waals surface area (Å²) in [6, 6.07) is 11.4. The molecule has 0 atom stereocenters. The van der Waals surface area contributed by atoms with Crippen molar-refractivity contribution in [2.75, 3.05) is 18.5 Å². The van der Waals surface area contributed by atoms with Crippen molar-refractivity contribution in [3.63, 3.8) is 0 Å². The lowest BCUT2D eigenvalue weighted by atomic mass is 10.3. The number of carbonyl (C=O) groups is 1. The number of nitrogens with one attached hydrogen (secondary N) is 1. The molecular formula is C15H16N2O3S. The molecule has 0 aliphatic carbocycles. The molecule has 1 heterocycles. The first-order valence-corrected chi connectivity index (χ1v) is 7.43. The van der Waals surface area contributed by atoms with E-state index in [0.717, 1.165) is 16.2 Å². The SMILES string of the molecule is O=C(Nc1ccc(SCc2cccnc2)cc1)OCCO. The minimum absolute atomic E-state index is 0.00905. The number of hydrogen-bond donors (Lipinski definition) is 2. The molecule has 0 spiro atoms. The Balaban J connectivity index is 1.83. The van der Waals surface area contributed by atoms with E-state index in [9.17, 15) is 4.79 Å². The second kappa shape index (κ2) is 8.28. The van der Waals surface area contributed by atoms with Crippen LogP contribution in [0.3, 0.4) is 0 Å². The fourth-order valence-corrected chi connectivity index (χ4v) is 2.41. The molecule has 0 bridgehead atoms. The Morgan fingerprint density at radius 2 is 2.10 bits per heavy atom. The van der Waals surface area contributed by atoms with E-state index in [0.29, 0.717) is 5.69 Å². The summed E-state index contributed by atoms with van der Waals surface area (Å²) >= 11 is 1.70. The van der Waals surface area contributed by atoms with E-state index in [1.165, 1.54) is 0 Å². The van der Waals surface area contributed by atoms with Crippen LogP contribution < -0.4 is 5.32 Å². The average Bonchev–Trinajstić information content (AvgIpc) is 2.53. The Labute approximate surface area is 127 Å². The zero-order valence-corrected chi connectivity index (χ0v) is 12.2. The summed E-state index contributed by atoms with van der Waals surface area (Å²) in [5.41, 5.74) is 1.82. The van der Waals surface area contributed by atoms with Crippen molar-refractivity contribution >= 4 is 23.5 Å². The van der Waals surface area contributed by atoms with Crippen LogP contribution in [0.1, 0.15) is 5.56 Å². The van der Waals surface area contributed by atoms with Gasteiger partial charge in [0.05, 0.1) is 6.61 Å². The highest BCUT2D eigenvalue weighted by Crippen LogP contribution is 2.23. The summed E-state index contributed by atoms with van der Waals surface area (Å²) in [6.45, 7) is -0.192. The van der Waals surface area contributed by atoms with Gasteiger partial charge in [0.25, 0.3) is 0 Å². The number of hydrogen-bond acceptors (Lipinski definition) is 5. The van der Waals surface area contributed by atoms with Crippen LogP contribution >= 0.6 is 11.8 Å². The van der Waals surface area contributed by atoms with Crippen molar-refractivity contribution in [1.29, 1.82) is 0 Å². The molecule has 0 aliphatic heterocycles. The average molecular weight is 304 g/mol. The van der Waals surface area contributed by atoms with E-state index in [-0.39, 0.29) is 13.2 Å². The number of ether oxygens (including phenoxy) is 1. The molecule has 1 aromatic heterocycles. The molecule has 0 fully saturated rings. The number of aliphatic hydroxyl groups is 1. The van der Waals surface area contributed by atoms with Gasteiger partial charge in [0.1, 0.15) is 6.61 Å². The van der Waals surface area contributed by atoms with Gasteiger partial charge < -0.3 is 9.84 Å². The maximum atomic E-state index is 11.3. The van der Waals surface area contributed by atoms with Gasteiger partial charge in [-0.25, -0.2) is 4.79 Å². The predicted octanol–water partition coefficient (Wildman–Crippen LogP) is 2.91. The summed E-state index contributed by atoms with van der Waals surface area (Å²) < 4.78 is 4.72. The number of aliphatic hydroxyl groups excluding tert-OH is 1. The van der Waals surface area contributed by atoms with Crippen LogP contribution in [0.4, 0.5) is 10.5 Å². The van der Waals surface area contributed by atoms with Crippen molar-refractivity contribution in [2.24, 2.45) is 0 Å². The summed E-state index contributed by atoms with van der Waals surface area (Å²) in [4.78, 5) is 16.5. The van der Waals surface area contributed by atoms with Crippen LogP contribution in [0, 0.1) is 0 Å². The first kappa shape index (κ1) is 15.3. The van der Waals surface area contributed by atoms with E-state index < -0.39 is 6.09 Å². The fourth-order valence-electron chi connectivity index (χ4n) is 1.58. The van der Waals surface area contributed by atoms with Gasteiger partial charge in [-0.1, -0.05) is 6.07 Å². The number of amides is 1. The minimum Gasteiger partial charge on any atom is -0.447 e. The molecule has 1 aromatic carbocycles. The van der Waals surface area contributed by atoms with Gasteiger partial charge in [-0.2, -0.15) is 0 Å². The van der Waals surface area contributed by atoms with Gasteiger partial charge >= 0.3 is 6.09 Å². The van der Waals surface area contributed by atoms with Gasteiger partial charge in [-0.15, -0.1) is 11.8 Å². The number of thioether (sulfide) groups is 1. The fraction of sp³-hybridized carbons (Fsp3) is 0.200. The van der Waals surface area contributed by atoms with Crippen LogP contribution in [-0.4, -0.2) is 29.4 Å². The summed E-state index contributed by atoms with van der Waals surface area (Å²) in [7, 11) is 0. The first-order chi connectivity index (χ1) is 10.3. The van der Waals surface area contributed by atoms with Crippen molar-refractivity contribution in [2.45, 2.75) is 10.6 Å². The lowest BCUT2D eigenvalue weighted by Crippen LogP contribution is -2.15. The Bertz CT molecular complexity index is 561. The number of rotatable bonds is 6. The molecular weight excluding hydrogens is 288 g/mol. The monoisotopic (exact) mass is 304 g/mol. The van der Waals surface area contributed by atoms with E-state index in [4.69, 9.17) is 9.84 Å². The smallest absolute Gasteiger partial charge is 0.411 e. The second-order valence-electron chi connectivity index (χ2n) is 4.16. The Kier molecular flexibility index (Phi) is 6.05. The second-order valence-corrected chi connectivity index (χ2v) is 5.21. The molecule has 2 aromatic rings. The number of nitrogens with zero attached hydrogens (tertiary/aromatic N) is 1. The highest BCUT2D eigenvalue weighted by Gasteiger charge is 2.03. The van der Waals surface area contributed by atoms with E-state index >= 15 is 0 Å². The first-order valence-electron chi connectivity index (χ1n) is 6.44. The third-order valence-electron chi connectivity index (χ3n) is 2.55. The van der Waals surface area contributed by atoms with E-state index in [2.05, 4.69) is 10.3 Å². The normalized spacial score (nSPS) is 10.1. The number of carbonyl (C=O) groups excluding carboxylic acids is 1. The lowest BCUT2D eigenvalue weighted by Gasteiger charge is -2.07. The molecule has 0 unspecified atom stereocenters. The van der Waals surface area contributed by atoms with Gasteiger partial charge in [0, 0.05) is 28.7 Å². The zero-order chi connectivity index (χ0) is 14.9. The summed E-state index contributed by atoms with van der Waals surface area (Å²) in [6.07, 6.45) is 3.03. The Morgan fingerprint density at radius 1 is 1.29 bits per heavy atom. The molecule has 0 aliphatic rings. The van der Waals surface area contributed by atoms with Crippen LogP contribution in [0.25, 0.3) is 0 Å². The number of aromatic nitrogens is 1. The third kappa shape index (κ3) is 5.45. The molecule has 6 heteroatoms. The zero-order valence-electron chi connectivity index (χ0n) is 11.4. The van der Waals surface area contributed by atoms with E-state index in [1.807, 2.05) is 42.6 Å². The Morgan fingerprint density at radius 3 is 2.76 bits per heavy atom. The lowest BCUT2D eigenvalue weighted by molar-refractivity contribution is 0.131. The van der Waals surface area contributed by atoms with Crippen LogP contribution in [0.5, 0.6) is 0 Å².